The fourth-order valence-corrected chi connectivity index (χ4v) is 3.09. The molecule has 19 heavy (non-hydrogen) atoms. The highest BCUT2D eigenvalue weighted by Gasteiger charge is 2.24. The van der Waals surface area contributed by atoms with Crippen LogP contribution in [0.15, 0.2) is 0 Å². The summed E-state index contributed by atoms with van der Waals surface area (Å²) >= 11 is 1.57. The molecule has 1 rings (SSSR count). The Morgan fingerprint density at radius 3 is 2.42 bits per heavy atom. The van der Waals surface area contributed by atoms with Crippen molar-refractivity contribution in [1.29, 1.82) is 5.26 Å². The van der Waals surface area contributed by atoms with Crippen LogP contribution < -0.4 is 4.90 Å². The van der Waals surface area contributed by atoms with Gasteiger partial charge < -0.3 is 10.0 Å². The van der Waals surface area contributed by atoms with Gasteiger partial charge in [0.25, 0.3) is 0 Å². The molecule has 1 atom stereocenters. The van der Waals surface area contributed by atoms with Crippen LogP contribution in [-0.2, 0) is 4.79 Å². The van der Waals surface area contributed by atoms with E-state index in [0.717, 1.165) is 15.4 Å². The molecule has 0 aliphatic carbocycles. The number of aryl methyl sites for hydroxylation is 1. The highest BCUT2D eigenvalue weighted by Crippen LogP contribution is 2.36. The Bertz CT molecular complexity index is 514. The van der Waals surface area contributed by atoms with Gasteiger partial charge in [0.2, 0.25) is 0 Å². The van der Waals surface area contributed by atoms with Gasteiger partial charge in [-0.05, 0) is 33.3 Å². The Morgan fingerprint density at radius 1 is 1.42 bits per heavy atom. The average molecular weight is 280 g/mol. The number of carboxylic acid groups (broad SMARTS) is 1. The fourth-order valence-electron chi connectivity index (χ4n) is 1.84. The monoisotopic (exact) mass is 280 g/mol. The molecule has 1 aromatic heterocycles. The molecule has 0 fully saturated rings. The van der Waals surface area contributed by atoms with Crippen molar-refractivity contribution in [2.75, 3.05) is 11.4 Å². The van der Waals surface area contributed by atoms with Crippen LogP contribution in [0.4, 0.5) is 5.00 Å². The normalized spacial score (nSPS) is 12.3. The number of rotatable bonds is 5. The van der Waals surface area contributed by atoms with Crippen molar-refractivity contribution < 1.29 is 9.90 Å². The van der Waals surface area contributed by atoms with E-state index < -0.39 is 11.9 Å². The highest BCUT2D eigenvalue weighted by atomic mass is 32.1. The zero-order valence-electron chi connectivity index (χ0n) is 12.0. The molecule has 0 bridgehead atoms. The maximum Gasteiger partial charge on any atom is 0.308 e. The number of carbonyl (C=O) groups is 1. The van der Waals surface area contributed by atoms with Gasteiger partial charge in [0.1, 0.15) is 11.1 Å². The lowest BCUT2D eigenvalue weighted by Gasteiger charge is -2.29. The summed E-state index contributed by atoms with van der Waals surface area (Å²) in [4.78, 5) is 14.2. The highest BCUT2D eigenvalue weighted by molar-refractivity contribution is 7.16. The minimum Gasteiger partial charge on any atom is -0.481 e. The molecule has 0 aromatic carbocycles. The number of aliphatic carboxylic acids is 1. The largest absolute Gasteiger partial charge is 0.481 e. The molecule has 0 spiro atoms. The third kappa shape index (κ3) is 3.27. The Hall–Kier alpha value is -1.54. The molecule has 0 aliphatic heterocycles. The van der Waals surface area contributed by atoms with Crippen molar-refractivity contribution in [3.8, 4) is 6.07 Å². The van der Waals surface area contributed by atoms with Gasteiger partial charge in [0.05, 0.1) is 11.5 Å². The molecule has 1 heterocycles. The van der Waals surface area contributed by atoms with Crippen LogP contribution in [0.1, 0.15) is 36.8 Å². The van der Waals surface area contributed by atoms with Crippen LogP contribution in [0, 0.1) is 31.1 Å². The third-order valence-electron chi connectivity index (χ3n) is 3.25. The Kier molecular flexibility index (Phi) is 4.96. The SMILES string of the molecule is Cc1sc(N(CC(C)C(=O)O)C(C)C)c(C#N)c1C. The van der Waals surface area contributed by atoms with Crippen LogP contribution in [0.25, 0.3) is 0 Å². The van der Waals surface area contributed by atoms with Crippen LogP contribution in [-0.4, -0.2) is 23.7 Å². The van der Waals surface area contributed by atoms with Gasteiger partial charge in [-0.15, -0.1) is 11.3 Å². The third-order valence-corrected chi connectivity index (χ3v) is 4.50. The van der Waals surface area contributed by atoms with Crippen LogP contribution >= 0.6 is 11.3 Å². The van der Waals surface area contributed by atoms with E-state index in [2.05, 4.69) is 6.07 Å². The predicted molar refractivity (Wildman–Crippen MR) is 77.8 cm³/mol. The summed E-state index contributed by atoms with van der Waals surface area (Å²) in [7, 11) is 0. The first-order valence-corrected chi connectivity index (χ1v) is 7.10. The van der Waals surface area contributed by atoms with Gasteiger partial charge >= 0.3 is 5.97 Å². The molecule has 0 saturated heterocycles. The zero-order chi connectivity index (χ0) is 14.7. The summed E-state index contributed by atoms with van der Waals surface area (Å²) < 4.78 is 0. The quantitative estimate of drug-likeness (QED) is 0.899. The molecule has 1 unspecified atom stereocenters. The summed E-state index contributed by atoms with van der Waals surface area (Å²) in [5, 5.41) is 19.2. The smallest absolute Gasteiger partial charge is 0.308 e. The Labute approximate surface area is 118 Å². The maximum atomic E-state index is 11.0. The van der Waals surface area contributed by atoms with Crippen LogP contribution in [0.5, 0.6) is 0 Å². The average Bonchev–Trinajstić information content (AvgIpc) is 2.61. The standard InChI is InChI=1S/C14H20N2O2S/c1-8(2)16(7-9(3)14(17)18)13-12(6-15)10(4)11(5)19-13/h8-9H,7H2,1-5H3,(H,17,18). The summed E-state index contributed by atoms with van der Waals surface area (Å²) in [5.74, 6) is -1.27. The first-order chi connectivity index (χ1) is 8.79. The van der Waals surface area contributed by atoms with Gasteiger partial charge in [-0.2, -0.15) is 5.26 Å². The summed E-state index contributed by atoms with van der Waals surface area (Å²) in [6.45, 7) is 10.1. The molecular formula is C14H20N2O2S. The molecule has 0 amide bonds. The lowest BCUT2D eigenvalue weighted by molar-refractivity contribution is -0.140. The van der Waals surface area contributed by atoms with Crippen LogP contribution in [0.2, 0.25) is 0 Å². The van der Waals surface area contributed by atoms with E-state index >= 15 is 0 Å². The second-order valence-electron chi connectivity index (χ2n) is 5.06. The number of hydrogen-bond acceptors (Lipinski definition) is 4. The summed E-state index contributed by atoms with van der Waals surface area (Å²) in [6.07, 6.45) is 0. The lowest BCUT2D eigenvalue weighted by Crippen LogP contribution is -2.36. The van der Waals surface area contributed by atoms with Crippen molar-refractivity contribution in [2.45, 2.75) is 40.7 Å². The molecule has 1 N–H and O–H groups in total. The first kappa shape index (κ1) is 15.5. The van der Waals surface area contributed by atoms with E-state index in [1.165, 1.54) is 0 Å². The summed E-state index contributed by atoms with van der Waals surface area (Å²) in [5.41, 5.74) is 1.67. The molecule has 1 aromatic rings. The minimum absolute atomic E-state index is 0.159. The number of anilines is 1. The van der Waals surface area contributed by atoms with E-state index in [-0.39, 0.29) is 6.04 Å². The molecule has 0 radical (unpaired) electrons. The fraction of sp³-hybridized carbons (Fsp3) is 0.571. The van der Waals surface area contributed by atoms with E-state index in [4.69, 9.17) is 5.11 Å². The lowest BCUT2D eigenvalue weighted by atomic mass is 10.1. The van der Waals surface area contributed by atoms with E-state index in [9.17, 15) is 10.1 Å². The van der Waals surface area contributed by atoms with Crippen molar-refractivity contribution in [3.63, 3.8) is 0 Å². The van der Waals surface area contributed by atoms with E-state index in [0.29, 0.717) is 12.1 Å². The van der Waals surface area contributed by atoms with Gasteiger partial charge in [-0.1, -0.05) is 6.92 Å². The number of hydrogen-bond donors (Lipinski definition) is 1. The molecule has 0 saturated carbocycles. The van der Waals surface area contributed by atoms with Crippen LogP contribution in [0.3, 0.4) is 0 Å². The van der Waals surface area contributed by atoms with E-state index in [1.807, 2.05) is 32.6 Å². The van der Waals surface area contributed by atoms with E-state index in [1.54, 1.807) is 18.3 Å². The van der Waals surface area contributed by atoms with Crippen molar-refractivity contribution in [3.05, 3.63) is 16.0 Å². The second kappa shape index (κ2) is 6.07. The topological polar surface area (TPSA) is 64.3 Å². The summed E-state index contributed by atoms with van der Waals surface area (Å²) in [6, 6.07) is 2.40. The number of nitrogens with zero attached hydrogens (tertiary/aromatic N) is 2. The Morgan fingerprint density at radius 2 is 2.00 bits per heavy atom. The minimum atomic E-state index is -0.811. The van der Waals surface area contributed by atoms with Gasteiger partial charge in [-0.25, -0.2) is 0 Å². The van der Waals surface area contributed by atoms with Gasteiger partial charge in [0, 0.05) is 17.5 Å². The van der Waals surface area contributed by atoms with Crippen molar-refractivity contribution in [2.24, 2.45) is 5.92 Å². The first-order valence-electron chi connectivity index (χ1n) is 6.29. The zero-order valence-corrected chi connectivity index (χ0v) is 12.8. The Balaban J connectivity index is 3.17. The maximum absolute atomic E-state index is 11.0. The van der Waals surface area contributed by atoms with Crippen molar-refractivity contribution in [1.82, 2.24) is 0 Å². The van der Waals surface area contributed by atoms with Crippen molar-refractivity contribution >= 4 is 22.3 Å². The second-order valence-corrected chi connectivity index (χ2v) is 6.26. The van der Waals surface area contributed by atoms with Gasteiger partial charge in [-0.3, -0.25) is 4.79 Å². The number of nitriles is 1. The number of thiophene rings is 1. The number of carboxylic acids is 1. The molecule has 4 nitrogen and oxygen atoms in total. The molecular weight excluding hydrogens is 260 g/mol. The predicted octanol–water partition coefficient (Wildman–Crippen LogP) is 3.17. The molecule has 0 aliphatic rings. The molecule has 5 heteroatoms. The van der Waals surface area contributed by atoms with Gasteiger partial charge in [0.15, 0.2) is 0 Å². The molecule has 104 valence electrons.